The van der Waals surface area contributed by atoms with Gasteiger partial charge >= 0.3 is 0 Å². The van der Waals surface area contributed by atoms with E-state index < -0.39 is 9.84 Å². The Morgan fingerprint density at radius 3 is 2.36 bits per heavy atom. The number of fused-ring (bicyclic) bond motifs is 1. The molecule has 1 aliphatic rings. The average molecular weight is 361 g/mol. The Labute approximate surface area is 148 Å². The number of carbonyl (C=O) groups excluding carboxylic acids is 1. The van der Waals surface area contributed by atoms with Crippen LogP contribution in [-0.4, -0.2) is 62.7 Å². The third kappa shape index (κ3) is 4.18. The van der Waals surface area contributed by atoms with Gasteiger partial charge in [-0.15, -0.1) is 0 Å². The van der Waals surface area contributed by atoms with Crippen LogP contribution in [0.25, 0.3) is 10.8 Å². The lowest BCUT2D eigenvalue weighted by atomic mass is 10.1. The lowest BCUT2D eigenvalue weighted by molar-refractivity contribution is -0.132. The topological polar surface area (TPSA) is 83.7 Å². The fourth-order valence-electron chi connectivity index (χ4n) is 3.08. The molecule has 6 nitrogen and oxygen atoms in total. The highest BCUT2D eigenvalue weighted by Crippen LogP contribution is 2.20. The monoisotopic (exact) mass is 361 g/mol. The van der Waals surface area contributed by atoms with Crippen LogP contribution in [0, 0.1) is 0 Å². The fourth-order valence-corrected chi connectivity index (χ4v) is 4.55. The van der Waals surface area contributed by atoms with E-state index in [-0.39, 0.29) is 11.8 Å². The molecule has 1 saturated heterocycles. The van der Waals surface area contributed by atoms with Crippen LogP contribution in [0.3, 0.4) is 0 Å². The molecule has 134 valence electrons. The Hall–Kier alpha value is -1.96. The van der Waals surface area contributed by atoms with Gasteiger partial charge in [-0.1, -0.05) is 30.3 Å². The van der Waals surface area contributed by atoms with E-state index in [9.17, 15) is 13.2 Å². The van der Waals surface area contributed by atoms with Crippen LogP contribution in [0.5, 0.6) is 0 Å². The van der Waals surface area contributed by atoms with Gasteiger partial charge in [0.1, 0.15) is 5.88 Å². The highest BCUT2D eigenvalue weighted by Gasteiger charge is 2.25. The zero-order valence-electron chi connectivity index (χ0n) is 14.1. The number of hydrogen-bond donors (Lipinski definition) is 1. The van der Waals surface area contributed by atoms with Crippen LogP contribution in [0.1, 0.15) is 6.42 Å². The van der Waals surface area contributed by atoms with E-state index in [1.165, 1.54) is 0 Å². The van der Waals surface area contributed by atoms with Gasteiger partial charge in [-0.25, -0.2) is 8.42 Å². The number of nitrogens with two attached hydrogens (primary N) is 1. The van der Waals surface area contributed by atoms with Crippen LogP contribution in [-0.2, 0) is 14.6 Å². The fraction of sp³-hybridized carbons (Fsp3) is 0.389. The standard InChI is InChI=1S/C18H23N3O3S/c19-8-7-18(22)21-11-9-20(10-12-21)14-25(23,24)17-6-5-15-3-1-2-4-16(15)13-17/h1-6,13H,7-12,14,19H2. The number of benzene rings is 2. The summed E-state index contributed by atoms with van der Waals surface area (Å²) in [5.74, 6) is 0.0177. The number of hydrogen-bond acceptors (Lipinski definition) is 5. The second kappa shape index (κ2) is 7.51. The van der Waals surface area contributed by atoms with Crippen molar-refractivity contribution in [3.63, 3.8) is 0 Å². The van der Waals surface area contributed by atoms with Crippen LogP contribution >= 0.6 is 0 Å². The molecule has 7 heteroatoms. The molecule has 0 atom stereocenters. The Morgan fingerprint density at radius 1 is 1.00 bits per heavy atom. The van der Waals surface area contributed by atoms with E-state index in [1.807, 2.05) is 35.2 Å². The van der Waals surface area contributed by atoms with Gasteiger partial charge in [-0.2, -0.15) is 0 Å². The lowest BCUT2D eigenvalue weighted by Gasteiger charge is -2.34. The third-order valence-corrected chi connectivity index (χ3v) is 6.19. The molecule has 2 aromatic carbocycles. The second-order valence-corrected chi connectivity index (χ2v) is 8.25. The van der Waals surface area contributed by atoms with Gasteiger partial charge in [-0.05, 0) is 22.9 Å². The summed E-state index contributed by atoms with van der Waals surface area (Å²) >= 11 is 0. The smallest absolute Gasteiger partial charge is 0.223 e. The van der Waals surface area contributed by atoms with E-state index in [0.29, 0.717) is 44.0 Å². The molecule has 0 bridgehead atoms. The summed E-state index contributed by atoms with van der Waals surface area (Å²) in [6.45, 7) is 2.56. The van der Waals surface area contributed by atoms with E-state index in [0.717, 1.165) is 10.8 Å². The zero-order valence-corrected chi connectivity index (χ0v) is 14.9. The number of piperazine rings is 1. The average Bonchev–Trinajstić information content (AvgIpc) is 2.62. The van der Waals surface area contributed by atoms with Gasteiger partial charge in [0.2, 0.25) is 5.91 Å². The number of carbonyl (C=O) groups is 1. The highest BCUT2D eigenvalue weighted by atomic mass is 32.2. The summed E-state index contributed by atoms with van der Waals surface area (Å²) in [5.41, 5.74) is 5.41. The molecule has 25 heavy (non-hydrogen) atoms. The highest BCUT2D eigenvalue weighted by molar-refractivity contribution is 7.91. The van der Waals surface area contributed by atoms with Crippen molar-refractivity contribution in [3.05, 3.63) is 42.5 Å². The Morgan fingerprint density at radius 2 is 1.68 bits per heavy atom. The van der Waals surface area contributed by atoms with Crippen LogP contribution in [0.4, 0.5) is 0 Å². The summed E-state index contributed by atoms with van der Waals surface area (Å²) in [6.07, 6.45) is 0.343. The van der Waals surface area contributed by atoms with Crippen molar-refractivity contribution in [1.29, 1.82) is 0 Å². The Balaban J connectivity index is 1.66. The van der Waals surface area contributed by atoms with Gasteiger partial charge in [0.15, 0.2) is 9.84 Å². The molecule has 1 fully saturated rings. The summed E-state index contributed by atoms with van der Waals surface area (Å²) in [7, 11) is -3.40. The minimum Gasteiger partial charge on any atom is -0.340 e. The zero-order chi connectivity index (χ0) is 17.9. The molecular formula is C18H23N3O3S. The molecule has 0 aliphatic carbocycles. The summed E-state index contributed by atoms with van der Waals surface area (Å²) in [5, 5.41) is 1.94. The first-order valence-corrected chi connectivity index (χ1v) is 10.1. The Bertz CT molecular complexity index is 859. The first-order valence-electron chi connectivity index (χ1n) is 8.41. The summed E-state index contributed by atoms with van der Waals surface area (Å²) < 4.78 is 25.4. The molecular weight excluding hydrogens is 338 g/mol. The minimum atomic E-state index is -3.40. The van der Waals surface area contributed by atoms with Gasteiger partial charge in [-0.3, -0.25) is 9.69 Å². The minimum absolute atomic E-state index is 0.0236. The van der Waals surface area contributed by atoms with Crippen molar-refractivity contribution in [2.75, 3.05) is 38.6 Å². The second-order valence-electron chi connectivity index (χ2n) is 6.29. The maximum Gasteiger partial charge on any atom is 0.223 e. The number of rotatable bonds is 5. The number of amides is 1. The molecule has 0 spiro atoms. The largest absolute Gasteiger partial charge is 0.340 e. The quantitative estimate of drug-likeness (QED) is 0.861. The third-order valence-electron chi connectivity index (χ3n) is 4.52. The van der Waals surface area contributed by atoms with E-state index in [4.69, 9.17) is 5.73 Å². The molecule has 0 unspecified atom stereocenters. The lowest BCUT2D eigenvalue weighted by Crippen LogP contribution is -2.50. The van der Waals surface area contributed by atoms with E-state index in [2.05, 4.69) is 0 Å². The summed E-state index contributed by atoms with van der Waals surface area (Å²) in [4.78, 5) is 15.8. The van der Waals surface area contributed by atoms with Crippen molar-refractivity contribution >= 4 is 26.5 Å². The molecule has 3 rings (SSSR count). The van der Waals surface area contributed by atoms with E-state index >= 15 is 0 Å². The van der Waals surface area contributed by atoms with Gasteiger partial charge in [0.05, 0.1) is 4.90 Å². The van der Waals surface area contributed by atoms with Crippen LogP contribution in [0.15, 0.2) is 47.4 Å². The molecule has 0 radical (unpaired) electrons. The van der Waals surface area contributed by atoms with Gasteiger partial charge in [0.25, 0.3) is 0 Å². The van der Waals surface area contributed by atoms with Gasteiger partial charge < -0.3 is 10.6 Å². The number of nitrogens with zero attached hydrogens (tertiary/aromatic N) is 2. The normalized spacial score (nSPS) is 16.3. The predicted octanol–water partition coefficient (Wildman–Crippen LogP) is 1.06. The van der Waals surface area contributed by atoms with Crippen molar-refractivity contribution in [2.24, 2.45) is 5.73 Å². The maximum absolute atomic E-state index is 12.7. The van der Waals surface area contributed by atoms with E-state index in [1.54, 1.807) is 17.0 Å². The summed E-state index contributed by atoms with van der Waals surface area (Å²) in [6, 6.07) is 12.9. The number of sulfone groups is 1. The predicted molar refractivity (Wildman–Crippen MR) is 97.8 cm³/mol. The molecule has 1 heterocycles. The SMILES string of the molecule is NCCC(=O)N1CCN(CS(=O)(=O)c2ccc3ccccc3c2)CC1. The van der Waals surface area contributed by atoms with Crippen molar-refractivity contribution in [1.82, 2.24) is 9.80 Å². The first kappa shape index (κ1) is 17.8. The molecule has 1 amide bonds. The molecule has 0 aromatic heterocycles. The van der Waals surface area contributed by atoms with Crippen molar-refractivity contribution in [3.8, 4) is 0 Å². The Kier molecular flexibility index (Phi) is 5.36. The van der Waals surface area contributed by atoms with Crippen molar-refractivity contribution in [2.45, 2.75) is 11.3 Å². The van der Waals surface area contributed by atoms with Crippen LogP contribution < -0.4 is 5.73 Å². The van der Waals surface area contributed by atoms with Crippen LogP contribution in [0.2, 0.25) is 0 Å². The molecule has 1 aliphatic heterocycles. The van der Waals surface area contributed by atoms with Crippen molar-refractivity contribution < 1.29 is 13.2 Å². The molecule has 2 aromatic rings. The molecule has 0 saturated carbocycles. The molecule has 2 N–H and O–H groups in total. The van der Waals surface area contributed by atoms with Gasteiger partial charge in [0, 0.05) is 39.1 Å². The first-order chi connectivity index (χ1) is 12.0. The maximum atomic E-state index is 12.7.